The Hall–Kier alpha value is -1.67. The first kappa shape index (κ1) is 16.4. The number of sulfonamides is 1. The molecule has 0 radical (unpaired) electrons. The minimum absolute atomic E-state index is 0.104. The highest BCUT2D eigenvalue weighted by atomic mass is 32.2. The van der Waals surface area contributed by atoms with Crippen molar-refractivity contribution in [3.05, 3.63) is 18.3 Å². The third-order valence-corrected chi connectivity index (χ3v) is 3.95. The molecule has 0 aliphatic rings. The number of aromatic nitrogens is 1. The third kappa shape index (κ3) is 4.17. The number of carboxylic acid groups (broad SMARTS) is 1. The van der Waals surface area contributed by atoms with Crippen LogP contribution in [0.15, 0.2) is 23.2 Å². The van der Waals surface area contributed by atoms with Crippen LogP contribution in [0.25, 0.3) is 0 Å². The average Bonchev–Trinajstić information content (AvgIpc) is 2.36. The van der Waals surface area contributed by atoms with Crippen LogP contribution in [0.1, 0.15) is 20.8 Å². The summed E-state index contributed by atoms with van der Waals surface area (Å²) >= 11 is 0. The van der Waals surface area contributed by atoms with Gasteiger partial charge in [-0.1, -0.05) is 13.8 Å². The monoisotopic (exact) mass is 302 g/mol. The lowest BCUT2D eigenvalue weighted by molar-refractivity contribution is -0.140. The van der Waals surface area contributed by atoms with Gasteiger partial charge in [0.15, 0.2) is 0 Å². The van der Waals surface area contributed by atoms with E-state index in [1.54, 1.807) is 20.8 Å². The standard InChI is InChI=1S/C12H18N2O5S/c1-4-19-10-6-5-9(7-13-10)20(17,18)14-11(8(2)3)12(15)16/h5-8,11,14H,4H2,1-3H3,(H,15,16)/t11-/m0/s1. The quantitative estimate of drug-likeness (QED) is 0.774. The normalized spacial score (nSPS) is 13.2. The van der Waals surface area contributed by atoms with Crippen molar-refractivity contribution in [3.63, 3.8) is 0 Å². The first-order valence-electron chi connectivity index (χ1n) is 6.12. The van der Waals surface area contributed by atoms with Crippen molar-refractivity contribution >= 4 is 16.0 Å². The van der Waals surface area contributed by atoms with Crippen LogP contribution in [-0.4, -0.2) is 37.1 Å². The number of nitrogens with one attached hydrogen (secondary N) is 1. The molecule has 0 aliphatic carbocycles. The van der Waals surface area contributed by atoms with Crippen LogP contribution >= 0.6 is 0 Å². The Morgan fingerprint density at radius 2 is 2.10 bits per heavy atom. The number of nitrogens with zero attached hydrogens (tertiary/aromatic N) is 1. The number of aliphatic carboxylic acids is 1. The van der Waals surface area contributed by atoms with Crippen molar-refractivity contribution in [1.29, 1.82) is 0 Å². The maximum Gasteiger partial charge on any atom is 0.322 e. The summed E-state index contributed by atoms with van der Waals surface area (Å²) in [7, 11) is -3.93. The summed E-state index contributed by atoms with van der Waals surface area (Å²) in [6, 6.07) is 1.55. The Morgan fingerprint density at radius 1 is 1.45 bits per heavy atom. The van der Waals surface area contributed by atoms with Gasteiger partial charge in [0.1, 0.15) is 10.9 Å². The first-order valence-corrected chi connectivity index (χ1v) is 7.60. The molecule has 1 heterocycles. The van der Waals surface area contributed by atoms with Crippen molar-refractivity contribution in [2.75, 3.05) is 6.61 Å². The molecule has 0 aliphatic heterocycles. The minimum atomic E-state index is -3.93. The number of rotatable bonds is 7. The molecule has 1 aromatic heterocycles. The predicted molar refractivity (Wildman–Crippen MR) is 72.0 cm³/mol. The van der Waals surface area contributed by atoms with Crippen LogP contribution in [-0.2, 0) is 14.8 Å². The van der Waals surface area contributed by atoms with Gasteiger partial charge in [-0.2, -0.15) is 4.72 Å². The van der Waals surface area contributed by atoms with E-state index in [1.807, 2.05) is 0 Å². The molecular formula is C12H18N2O5S. The fourth-order valence-electron chi connectivity index (χ4n) is 1.47. The summed E-state index contributed by atoms with van der Waals surface area (Å²) in [5, 5.41) is 9.01. The number of hydrogen-bond acceptors (Lipinski definition) is 5. The molecule has 7 nitrogen and oxygen atoms in total. The van der Waals surface area contributed by atoms with Crippen LogP contribution in [0.4, 0.5) is 0 Å². The maximum absolute atomic E-state index is 12.1. The summed E-state index contributed by atoms with van der Waals surface area (Å²) in [4.78, 5) is 14.8. The van der Waals surface area contributed by atoms with E-state index in [1.165, 1.54) is 12.1 Å². The zero-order valence-corrected chi connectivity index (χ0v) is 12.3. The number of hydrogen-bond donors (Lipinski definition) is 2. The maximum atomic E-state index is 12.1. The van der Waals surface area contributed by atoms with Crippen molar-refractivity contribution in [2.24, 2.45) is 5.92 Å². The molecule has 0 aromatic carbocycles. The Morgan fingerprint density at radius 3 is 2.50 bits per heavy atom. The molecule has 8 heteroatoms. The van der Waals surface area contributed by atoms with Crippen LogP contribution in [0.3, 0.4) is 0 Å². The van der Waals surface area contributed by atoms with Gasteiger partial charge in [-0.15, -0.1) is 0 Å². The summed E-state index contributed by atoms with van der Waals surface area (Å²) in [6.45, 7) is 5.45. The zero-order valence-electron chi connectivity index (χ0n) is 11.5. The Bertz CT molecular complexity index is 554. The van der Waals surface area contributed by atoms with Gasteiger partial charge in [-0.05, 0) is 18.9 Å². The summed E-state index contributed by atoms with van der Waals surface area (Å²) in [5.41, 5.74) is 0. The molecule has 0 unspecified atom stereocenters. The topological polar surface area (TPSA) is 106 Å². The van der Waals surface area contributed by atoms with Gasteiger partial charge >= 0.3 is 5.97 Å². The van der Waals surface area contributed by atoms with Crippen LogP contribution < -0.4 is 9.46 Å². The van der Waals surface area contributed by atoms with Gasteiger partial charge in [0.2, 0.25) is 15.9 Å². The summed E-state index contributed by atoms with van der Waals surface area (Å²) in [5.74, 6) is -1.29. The predicted octanol–water partition coefficient (Wildman–Crippen LogP) is 0.868. The van der Waals surface area contributed by atoms with Crippen molar-refractivity contribution in [2.45, 2.75) is 31.7 Å². The van der Waals surface area contributed by atoms with Gasteiger partial charge in [-0.3, -0.25) is 4.79 Å². The largest absolute Gasteiger partial charge is 0.480 e. The van der Waals surface area contributed by atoms with E-state index in [2.05, 4.69) is 9.71 Å². The van der Waals surface area contributed by atoms with E-state index >= 15 is 0 Å². The van der Waals surface area contributed by atoms with E-state index in [0.717, 1.165) is 6.20 Å². The molecular weight excluding hydrogens is 284 g/mol. The molecule has 0 bridgehead atoms. The van der Waals surface area contributed by atoms with Crippen molar-refractivity contribution < 1.29 is 23.1 Å². The van der Waals surface area contributed by atoms with Crippen molar-refractivity contribution in [3.8, 4) is 5.88 Å². The second-order valence-corrected chi connectivity index (χ2v) is 6.16. The molecule has 0 saturated heterocycles. The number of pyridine rings is 1. The second-order valence-electron chi connectivity index (χ2n) is 4.45. The molecule has 1 aromatic rings. The highest BCUT2D eigenvalue weighted by molar-refractivity contribution is 7.89. The lowest BCUT2D eigenvalue weighted by Gasteiger charge is -2.17. The van der Waals surface area contributed by atoms with E-state index in [9.17, 15) is 13.2 Å². The lowest BCUT2D eigenvalue weighted by Crippen LogP contribution is -2.44. The van der Waals surface area contributed by atoms with E-state index in [4.69, 9.17) is 9.84 Å². The summed E-state index contributed by atoms with van der Waals surface area (Å²) in [6.07, 6.45) is 1.13. The molecule has 0 fully saturated rings. The highest BCUT2D eigenvalue weighted by Crippen LogP contribution is 2.14. The Labute approximate surface area is 118 Å². The molecule has 112 valence electrons. The van der Waals surface area contributed by atoms with Gasteiger partial charge in [0.25, 0.3) is 0 Å². The third-order valence-electron chi connectivity index (χ3n) is 2.53. The second kappa shape index (κ2) is 6.67. The Kier molecular flexibility index (Phi) is 5.46. The van der Waals surface area contributed by atoms with Crippen LogP contribution in [0.2, 0.25) is 0 Å². The minimum Gasteiger partial charge on any atom is -0.480 e. The van der Waals surface area contributed by atoms with E-state index < -0.39 is 22.0 Å². The highest BCUT2D eigenvalue weighted by Gasteiger charge is 2.28. The molecule has 20 heavy (non-hydrogen) atoms. The number of carboxylic acids is 1. The molecule has 0 saturated carbocycles. The number of ether oxygens (including phenoxy) is 1. The first-order chi connectivity index (χ1) is 9.27. The Balaban J connectivity index is 2.95. The zero-order chi connectivity index (χ0) is 15.3. The average molecular weight is 302 g/mol. The lowest BCUT2D eigenvalue weighted by atomic mass is 10.1. The van der Waals surface area contributed by atoms with Gasteiger partial charge in [-0.25, -0.2) is 13.4 Å². The molecule has 1 rings (SSSR count). The smallest absolute Gasteiger partial charge is 0.322 e. The van der Waals surface area contributed by atoms with Crippen molar-refractivity contribution in [1.82, 2.24) is 9.71 Å². The molecule has 2 N–H and O–H groups in total. The fourth-order valence-corrected chi connectivity index (χ4v) is 2.75. The van der Waals surface area contributed by atoms with E-state index in [0.29, 0.717) is 12.5 Å². The van der Waals surface area contributed by atoms with Gasteiger partial charge in [0.05, 0.1) is 12.8 Å². The van der Waals surface area contributed by atoms with Gasteiger partial charge < -0.3 is 9.84 Å². The van der Waals surface area contributed by atoms with Gasteiger partial charge in [0, 0.05) is 6.07 Å². The SMILES string of the molecule is CCOc1ccc(S(=O)(=O)N[C@H](C(=O)O)C(C)C)cn1. The van der Waals surface area contributed by atoms with Crippen LogP contribution in [0, 0.1) is 5.92 Å². The fraction of sp³-hybridized carbons (Fsp3) is 0.500. The number of carbonyl (C=O) groups is 1. The van der Waals surface area contributed by atoms with Crippen LogP contribution in [0.5, 0.6) is 5.88 Å². The molecule has 1 atom stereocenters. The molecule has 0 amide bonds. The summed E-state index contributed by atoms with van der Waals surface area (Å²) < 4.78 is 31.4. The van der Waals surface area contributed by atoms with E-state index in [-0.39, 0.29) is 10.8 Å². The molecule has 0 spiro atoms.